The first-order valence-electron chi connectivity index (χ1n) is 13.5. The quantitative estimate of drug-likeness (QED) is 0.182. The van der Waals surface area contributed by atoms with Crippen LogP contribution < -0.4 is 10.6 Å². The zero-order valence-electron chi connectivity index (χ0n) is 23.2. The molecule has 0 bridgehead atoms. The molecule has 0 radical (unpaired) electrons. The van der Waals surface area contributed by atoms with Crippen LogP contribution in [0.25, 0.3) is 0 Å². The third-order valence-corrected chi connectivity index (χ3v) is 10.9. The maximum atomic E-state index is 14.1. The van der Waals surface area contributed by atoms with Crippen molar-refractivity contribution in [3.63, 3.8) is 0 Å². The molecule has 4 aromatic carbocycles. The van der Waals surface area contributed by atoms with Crippen LogP contribution in [-0.4, -0.2) is 33.4 Å². The van der Waals surface area contributed by atoms with Crippen molar-refractivity contribution in [1.29, 1.82) is 0 Å². The van der Waals surface area contributed by atoms with Gasteiger partial charge in [0.25, 0.3) is 5.91 Å². The molecule has 1 aliphatic heterocycles. The minimum absolute atomic E-state index is 0.00559. The van der Waals surface area contributed by atoms with E-state index in [2.05, 4.69) is 10.6 Å². The van der Waals surface area contributed by atoms with Crippen molar-refractivity contribution in [2.45, 2.75) is 35.1 Å². The number of fused-ring (bicyclic) bond motifs is 1. The summed E-state index contributed by atoms with van der Waals surface area (Å²) in [7, 11) is -2.68. The van der Waals surface area contributed by atoms with Crippen LogP contribution in [-0.2, 0) is 25.8 Å². The Morgan fingerprint density at radius 1 is 0.886 bits per heavy atom. The number of rotatable bonds is 8. The Bertz CT molecular complexity index is 1800. The number of halogens is 4. The molecule has 0 saturated carbocycles. The fourth-order valence-electron chi connectivity index (χ4n) is 5.34. The summed E-state index contributed by atoms with van der Waals surface area (Å²) in [4.78, 5) is 26.1. The molecule has 3 unspecified atom stereocenters. The van der Waals surface area contributed by atoms with Gasteiger partial charge >= 0.3 is 5.97 Å². The smallest absolute Gasteiger partial charge is 0.328 e. The highest BCUT2D eigenvalue weighted by molar-refractivity contribution is 7.91. The maximum absolute atomic E-state index is 14.1. The topological polar surface area (TPSA) is 102 Å². The number of nitrogens with one attached hydrogen (secondary N) is 2. The molecule has 12 heteroatoms. The average molecular weight is 692 g/mol. The largest absolute Gasteiger partial charge is 0.467 e. The molecule has 0 saturated heterocycles. The van der Waals surface area contributed by atoms with Gasteiger partial charge in [0.1, 0.15) is 6.04 Å². The molecular weight excluding hydrogens is 666 g/mol. The zero-order valence-corrected chi connectivity index (χ0v) is 27.0. The van der Waals surface area contributed by atoms with Crippen molar-refractivity contribution < 1.29 is 22.7 Å². The molecular formula is C32H26Cl4N2O5S. The molecule has 1 heterocycles. The summed E-state index contributed by atoms with van der Waals surface area (Å²) < 4.78 is 33.2. The molecule has 0 aromatic heterocycles. The Morgan fingerprint density at radius 2 is 1.50 bits per heavy atom. The van der Waals surface area contributed by atoms with Gasteiger partial charge in [0.2, 0.25) is 0 Å². The second kappa shape index (κ2) is 13.4. The third-order valence-electron chi connectivity index (χ3n) is 7.46. The third kappa shape index (κ3) is 6.55. The van der Waals surface area contributed by atoms with Crippen molar-refractivity contribution in [3.05, 3.63) is 127 Å². The molecule has 4 aromatic rings. The van der Waals surface area contributed by atoms with Crippen molar-refractivity contribution in [2.24, 2.45) is 0 Å². The van der Waals surface area contributed by atoms with Gasteiger partial charge in [0.05, 0.1) is 38.9 Å². The van der Waals surface area contributed by atoms with E-state index in [1.807, 2.05) is 0 Å². The van der Waals surface area contributed by atoms with Gasteiger partial charge in [-0.15, -0.1) is 0 Å². The summed E-state index contributed by atoms with van der Waals surface area (Å²) in [6.45, 7) is 0. The van der Waals surface area contributed by atoms with Crippen LogP contribution in [0, 0.1) is 0 Å². The van der Waals surface area contributed by atoms with Gasteiger partial charge in [-0.05, 0) is 60.0 Å². The number of carbonyl (C=O) groups is 2. The summed E-state index contributed by atoms with van der Waals surface area (Å²) in [5.74, 6) is -1.35. The SMILES string of the molecule is COC(=O)C(Cc1ccc2c(c1)C(S(=O)(=O)c1ccccc1)CC(c1c(Cl)cccc1Cl)N2)NC(=O)c1c(Cl)cccc1Cl. The van der Waals surface area contributed by atoms with E-state index in [1.165, 1.54) is 19.2 Å². The number of hydrogen-bond acceptors (Lipinski definition) is 6. The summed E-state index contributed by atoms with van der Waals surface area (Å²) in [5.41, 5.74) is 2.30. The number of esters is 1. The summed E-state index contributed by atoms with van der Waals surface area (Å²) >= 11 is 25.5. The van der Waals surface area contributed by atoms with E-state index in [0.717, 1.165) is 0 Å². The van der Waals surface area contributed by atoms with Crippen LogP contribution in [0.3, 0.4) is 0 Å². The molecule has 228 valence electrons. The number of anilines is 1. The standard InChI is InChI=1S/C32H26Cl4N2O5S/c1-43-32(40)27(38-31(39)30-23(35)11-6-12-24(30)36)16-18-13-14-25-20(15-18)28(44(41,42)19-7-3-2-4-8-19)17-26(37-25)29-21(33)9-5-10-22(29)34/h2-15,26-28,37H,16-17H2,1H3,(H,38,39). The predicted octanol–water partition coefficient (Wildman–Crippen LogP) is 7.89. The van der Waals surface area contributed by atoms with Crippen molar-refractivity contribution >= 4 is 73.8 Å². The molecule has 3 atom stereocenters. The minimum atomic E-state index is -3.89. The molecule has 0 spiro atoms. The Hall–Kier alpha value is -3.27. The lowest BCUT2D eigenvalue weighted by Gasteiger charge is -2.34. The monoisotopic (exact) mass is 690 g/mol. The van der Waals surface area contributed by atoms with Gasteiger partial charge in [-0.2, -0.15) is 0 Å². The second-order valence-corrected chi connectivity index (χ2v) is 13.9. The van der Waals surface area contributed by atoms with Crippen LogP contribution in [0.5, 0.6) is 0 Å². The van der Waals surface area contributed by atoms with Crippen LogP contribution in [0.1, 0.15) is 44.8 Å². The highest BCUT2D eigenvalue weighted by Crippen LogP contribution is 2.48. The normalized spacial score (nSPS) is 16.8. The number of ether oxygens (including phenoxy) is 1. The number of hydrogen-bond donors (Lipinski definition) is 2. The average Bonchev–Trinajstić information content (AvgIpc) is 3.00. The first kappa shape index (κ1) is 32.1. The highest BCUT2D eigenvalue weighted by Gasteiger charge is 2.39. The number of amides is 1. The predicted molar refractivity (Wildman–Crippen MR) is 174 cm³/mol. The van der Waals surface area contributed by atoms with Gasteiger partial charge < -0.3 is 15.4 Å². The maximum Gasteiger partial charge on any atom is 0.328 e. The van der Waals surface area contributed by atoms with Gasteiger partial charge in [0, 0.05) is 27.7 Å². The van der Waals surface area contributed by atoms with E-state index in [-0.39, 0.29) is 33.3 Å². The van der Waals surface area contributed by atoms with E-state index >= 15 is 0 Å². The molecule has 2 N–H and O–H groups in total. The van der Waals surface area contributed by atoms with Gasteiger partial charge in [-0.25, -0.2) is 13.2 Å². The molecule has 7 nitrogen and oxygen atoms in total. The number of methoxy groups -OCH3 is 1. The lowest BCUT2D eigenvalue weighted by Crippen LogP contribution is -2.43. The number of carbonyl (C=O) groups excluding carboxylic acids is 2. The summed E-state index contributed by atoms with van der Waals surface area (Å²) in [6, 6.07) is 21.6. The fraction of sp³-hybridized carbons (Fsp3) is 0.188. The van der Waals surface area contributed by atoms with E-state index in [9.17, 15) is 18.0 Å². The van der Waals surface area contributed by atoms with E-state index in [0.29, 0.717) is 32.4 Å². The first-order valence-corrected chi connectivity index (χ1v) is 16.5. The van der Waals surface area contributed by atoms with Gasteiger partial charge in [0.15, 0.2) is 9.84 Å². The Labute approximate surface area is 275 Å². The minimum Gasteiger partial charge on any atom is -0.467 e. The number of benzene rings is 4. The van der Waals surface area contributed by atoms with Crippen LogP contribution in [0.2, 0.25) is 20.1 Å². The van der Waals surface area contributed by atoms with Crippen LogP contribution in [0.15, 0.2) is 89.8 Å². The molecule has 1 aliphatic rings. The lowest BCUT2D eigenvalue weighted by molar-refractivity contribution is -0.142. The highest BCUT2D eigenvalue weighted by atomic mass is 35.5. The van der Waals surface area contributed by atoms with E-state index in [4.69, 9.17) is 51.1 Å². The van der Waals surface area contributed by atoms with Gasteiger partial charge in [-0.1, -0.05) is 88.9 Å². The Morgan fingerprint density at radius 3 is 2.11 bits per heavy atom. The van der Waals surface area contributed by atoms with Gasteiger partial charge in [-0.3, -0.25) is 4.79 Å². The summed E-state index contributed by atoms with van der Waals surface area (Å²) in [6.07, 6.45) is 0.144. The van der Waals surface area contributed by atoms with Crippen molar-refractivity contribution in [3.8, 4) is 0 Å². The lowest BCUT2D eigenvalue weighted by atomic mass is 9.91. The number of sulfone groups is 1. The Kier molecular flexibility index (Phi) is 9.77. The first-order chi connectivity index (χ1) is 21.0. The molecule has 5 rings (SSSR count). The molecule has 0 aliphatic carbocycles. The van der Waals surface area contributed by atoms with Crippen LogP contribution >= 0.6 is 46.4 Å². The Balaban J connectivity index is 1.53. The van der Waals surface area contributed by atoms with E-state index < -0.39 is 39.0 Å². The zero-order chi connectivity index (χ0) is 31.6. The van der Waals surface area contributed by atoms with E-state index in [1.54, 1.807) is 72.8 Å². The molecule has 44 heavy (non-hydrogen) atoms. The second-order valence-electron chi connectivity index (χ2n) is 10.2. The fourth-order valence-corrected chi connectivity index (χ4v) is 8.41. The summed E-state index contributed by atoms with van der Waals surface area (Å²) in [5, 5.41) is 6.17. The van der Waals surface area contributed by atoms with Crippen LogP contribution in [0.4, 0.5) is 5.69 Å². The molecule has 0 fully saturated rings. The molecule has 1 amide bonds. The van der Waals surface area contributed by atoms with Crippen molar-refractivity contribution in [1.82, 2.24) is 5.32 Å². The van der Waals surface area contributed by atoms with Crippen molar-refractivity contribution in [2.75, 3.05) is 12.4 Å².